The Hall–Kier alpha value is -1.53. The SMILES string of the molecule is CCN1CCN(Cc2ccc([N+](=O)[O-])cc2F)CC1. The van der Waals surface area contributed by atoms with E-state index in [1.165, 1.54) is 12.1 Å². The van der Waals surface area contributed by atoms with Gasteiger partial charge in [-0.25, -0.2) is 4.39 Å². The van der Waals surface area contributed by atoms with Crippen LogP contribution in [0.15, 0.2) is 18.2 Å². The molecule has 1 aliphatic rings. The van der Waals surface area contributed by atoms with Crippen molar-refractivity contribution in [3.8, 4) is 0 Å². The first-order chi connectivity index (χ1) is 9.10. The summed E-state index contributed by atoms with van der Waals surface area (Å²) in [6, 6.07) is 3.87. The zero-order valence-electron chi connectivity index (χ0n) is 11.0. The number of halogens is 1. The van der Waals surface area contributed by atoms with Gasteiger partial charge in [0.2, 0.25) is 0 Å². The van der Waals surface area contributed by atoms with E-state index < -0.39 is 10.7 Å². The van der Waals surface area contributed by atoms with E-state index in [1.54, 1.807) is 0 Å². The summed E-state index contributed by atoms with van der Waals surface area (Å²) < 4.78 is 13.8. The maximum absolute atomic E-state index is 13.8. The Balaban J connectivity index is 1.98. The maximum atomic E-state index is 13.8. The fourth-order valence-corrected chi connectivity index (χ4v) is 2.28. The van der Waals surface area contributed by atoms with Crippen LogP contribution in [0.5, 0.6) is 0 Å². The van der Waals surface area contributed by atoms with Crippen molar-refractivity contribution >= 4 is 5.69 Å². The van der Waals surface area contributed by atoms with Crippen molar-refractivity contribution in [1.29, 1.82) is 0 Å². The molecule has 0 aromatic heterocycles. The van der Waals surface area contributed by atoms with Crippen molar-refractivity contribution in [1.82, 2.24) is 9.80 Å². The highest BCUT2D eigenvalue weighted by atomic mass is 19.1. The minimum Gasteiger partial charge on any atom is -0.301 e. The summed E-state index contributed by atoms with van der Waals surface area (Å²) in [5.41, 5.74) is 0.326. The predicted molar refractivity (Wildman–Crippen MR) is 70.4 cm³/mol. The van der Waals surface area contributed by atoms with Gasteiger partial charge in [-0.05, 0) is 12.6 Å². The molecule has 0 aliphatic carbocycles. The molecule has 0 spiro atoms. The number of non-ortho nitro benzene ring substituents is 1. The van der Waals surface area contributed by atoms with Crippen molar-refractivity contribution in [2.24, 2.45) is 0 Å². The number of nitro benzene ring substituents is 1. The first-order valence-corrected chi connectivity index (χ1v) is 6.47. The molecule has 6 heteroatoms. The van der Waals surface area contributed by atoms with Crippen LogP contribution in [-0.4, -0.2) is 47.4 Å². The molecule has 0 bridgehead atoms. The van der Waals surface area contributed by atoms with Crippen LogP contribution < -0.4 is 0 Å². The van der Waals surface area contributed by atoms with Crippen LogP contribution in [0.25, 0.3) is 0 Å². The average Bonchev–Trinajstić information content (AvgIpc) is 2.41. The van der Waals surface area contributed by atoms with Crippen LogP contribution in [0.3, 0.4) is 0 Å². The largest absolute Gasteiger partial charge is 0.301 e. The van der Waals surface area contributed by atoms with Gasteiger partial charge < -0.3 is 4.90 Å². The molecule has 1 saturated heterocycles. The highest BCUT2D eigenvalue weighted by Gasteiger charge is 2.18. The minimum absolute atomic E-state index is 0.197. The lowest BCUT2D eigenvalue weighted by Crippen LogP contribution is -2.45. The molecule has 0 atom stereocenters. The van der Waals surface area contributed by atoms with Gasteiger partial charge in [-0.2, -0.15) is 0 Å². The van der Waals surface area contributed by atoms with Gasteiger partial charge in [0.1, 0.15) is 5.82 Å². The molecule has 1 aromatic rings. The number of piperazine rings is 1. The molecular weight excluding hydrogens is 249 g/mol. The number of hydrogen-bond acceptors (Lipinski definition) is 4. The maximum Gasteiger partial charge on any atom is 0.272 e. The monoisotopic (exact) mass is 267 g/mol. The summed E-state index contributed by atoms with van der Waals surface area (Å²) in [5.74, 6) is -0.493. The summed E-state index contributed by atoms with van der Waals surface area (Å²) in [6.45, 7) is 7.48. The van der Waals surface area contributed by atoms with Crippen LogP contribution in [0.2, 0.25) is 0 Å². The summed E-state index contributed by atoms with van der Waals surface area (Å²) in [4.78, 5) is 14.5. The zero-order valence-corrected chi connectivity index (χ0v) is 11.0. The third kappa shape index (κ3) is 3.48. The molecule has 0 radical (unpaired) electrons. The second-order valence-corrected chi connectivity index (χ2v) is 4.74. The lowest BCUT2D eigenvalue weighted by molar-refractivity contribution is -0.385. The number of hydrogen-bond donors (Lipinski definition) is 0. The second-order valence-electron chi connectivity index (χ2n) is 4.74. The van der Waals surface area contributed by atoms with Gasteiger partial charge in [-0.15, -0.1) is 0 Å². The second kappa shape index (κ2) is 6.08. The Morgan fingerprint density at radius 2 is 1.89 bits per heavy atom. The van der Waals surface area contributed by atoms with Crippen molar-refractivity contribution in [3.05, 3.63) is 39.7 Å². The Morgan fingerprint density at radius 1 is 1.26 bits per heavy atom. The topological polar surface area (TPSA) is 49.6 Å². The molecule has 5 nitrogen and oxygen atoms in total. The Labute approximate surface area is 111 Å². The molecule has 0 amide bonds. The van der Waals surface area contributed by atoms with Crippen LogP contribution in [-0.2, 0) is 6.54 Å². The van der Waals surface area contributed by atoms with E-state index in [4.69, 9.17) is 0 Å². The Bertz CT molecular complexity index is 459. The molecule has 0 saturated carbocycles. The highest BCUT2D eigenvalue weighted by Crippen LogP contribution is 2.18. The smallest absolute Gasteiger partial charge is 0.272 e. The molecule has 1 aliphatic heterocycles. The number of likely N-dealkylation sites (N-methyl/N-ethyl adjacent to an activating group) is 1. The van der Waals surface area contributed by atoms with Crippen LogP contribution in [0, 0.1) is 15.9 Å². The summed E-state index contributed by atoms with van der Waals surface area (Å²) >= 11 is 0. The van der Waals surface area contributed by atoms with Crippen LogP contribution in [0.4, 0.5) is 10.1 Å². The summed E-state index contributed by atoms with van der Waals surface area (Å²) in [5, 5.41) is 10.5. The number of benzene rings is 1. The van der Waals surface area contributed by atoms with E-state index in [0.29, 0.717) is 12.1 Å². The third-order valence-corrected chi connectivity index (χ3v) is 3.55. The van der Waals surface area contributed by atoms with Gasteiger partial charge in [0.05, 0.1) is 11.0 Å². The van der Waals surface area contributed by atoms with E-state index in [9.17, 15) is 14.5 Å². The van der Waals surface area contributed by atoms with Crippen LogP contribution >= 0.6 is 0 Å². The molecule has 104 valence electrons. The van der Waals surface area contributed by atoms with Crippen molar-refractivity contribution in [3.63, 3.8) is 0 Å². The lowest BCUT2D eigenvalue weighted by atomic mass is 10.1. The van der Waals surface area contributed by atoms with Gasteiger partial charge in [0, 0.05) is 44.4 Å². The molecule has 1 fully saturated rings. The van der Waals surface area contributed by atoms with Crippen LogP contribution in [0.1, 0.15) is 12.5 Å². The normalized spacial score (nSPS) is 17.6. The van der Waals surface area contributed by atoms with Gasteiger partial charge in [0.25, 0.3) is 5.69 Å². The van der Waals surface area contributed by atoms with E-state index in [0.717, 1.165) is 38.8 Å². The quantitative estimate of drug-likeness (QED) is 0.617. The fourth-order valence-electron chi connectivity index (χ4n) is 2.28. The third-order valence-electron chi connectivity index (χ3n) is 3.55. The Morgan fingerprint density at radius 3 is 2.42 bits per heavy atom. The highest BCUT2D eigenvalue weighted by molar-refractivity contribution is 5.34. The average molecular weight is 267 g/mol. The Kier molecular flexibility index (Phi) is 4.44. The van der Waals surface area contributed by atoms with Gasteiger partial charge in [-0.1, -0.05) is 6.92 Å². The standard InChI is InChI=1S/C13H18FN3O2/c1-2-15-5-7-16(8-6-15)10-11-3-4-12(17(18)19)9-13(11)14/h3-4,9H,2,5-8,10H2,1H3. The number of nitro groups is 1. The first kappa shape index (κ1) is 13.9. The van der Waals surface area contributed by atoms with Crippen molar-refractivity contribution in [2.45, 2.75) is 13.5 Å². The van der Waals surface area contributed by atoms with Crippen molar-refractivity contribution < 1.29 is 9.31 Å². The number of rotatable bonds is 4. The van der Waals surface area contributed by atoms with Crippen molar-refractivity contribution in [2.75, 3.05) is 32.7 Å². The minimum atomic E-state index is -0.577. The zero-order chi connectivity index (χ0) is 13.8. The van der Waals surface area contributed by atoms with E-state index in [2.05, 4.69) is 16.7 Å². The van der Waals surface area contributed by atoms with Gasteiger partial charge in [-0.3, -0.25) is 15.0 Å². The molecule has 0 N–H and O–H groups in total. The number of nitrogens with zero attached hydrogens (tertiary/aromatic N) is 3. The lowest BCUT2D eigenvalue weighted by Gasteiger charge is -2.34. The summed E-state index contributed by atoms with van der Waals surface area (Å²) in [7, 11) is 0. The molecule has 19 heavy (non-hydrogen) atoms. The molecular formula is C13H18FN3O2. The van der Waals surface area contributed by atoms with E-state index >= 15 is 0 Å². The van der Waals surface area contributed by atoms with E-state index in [-0.39, 0.29) is 5.69 Å². The van der Waals surface area contributed by atoms with E-state index in [1.807, 2.05) is 0 Å². The predicted octanol–water partition coefficient (Wildman–Crippen LogP) is 1.87. The van der Waals surface area contributed by atoms with Gasteiger partial charge >= 0.3 is 0 Å². The fraction of sp³-hybridized carbons (Fsp3) is 0.538. The molecule has 1 aromatic carbocycles. The molecule has 0 unspecified atom stereocenters. The van der Waals surface area contributed by atoms with Gasteiger partial charge in [0.15, 0.2) is 0 Å². The molecule has 2 rings (SSSR count). The molecule has 1 heterocycles. The summed E-state index contributed by atoms with van der Waals surface area (Å²) in [6.07, 6.45) is 0. The first-order valence-electron chi connectivity index (χ1n) is 6.47.